The summed E-state index contributed by atoms with van der Waals surface area (Å²) < 4.78 is 5.21. The van der Waals surface area contributed by atoms with E-state index < -0.39 is 0 Å². The Labute approximate surface area is 167 Å². The van der Waals surface area contributed by atoms with Crippen molar-refractivity contribution in [3.05, 3.63) is 78.4 Å². The van der Waals surface area contributed by atoms with Crippen LogP contribution in [0.25, 0.3) is 34.2 Å². The van der Waals surface area contributed by atoms with Crippen molar-refractivity contribution in [1.82, 2.24) is 15.0 Å². The van der Waals surface area contributed by atoms with Crippen molar-refractivity contribution in [2.75, 3.05) is 7.11 Å². The zero-order valence-electron chi connectivity index (χ0n) is 15.6. The summed E-state index contributed by atoms with van der Waals surface area (Å²) >= 11 is 0. The maximum absolute atomic E-state index is 11.0. The van der Waals surface area contributed by atoms with Gasteiger partial charge in [-0.25, -0.2) is 15.0 Å². The Balaban J connectivity index is 1.89. The molecule has 0 amide bonds. The maximum Gasteiger partial charge on any atom is 0.167 e. The van der Waals surface area contributed by atoms with Gasteiger partial charge >= 0.3 is 0 Å². The zero-order chi connectivity index (χ0) is 20.2. The third-order valence-electron chi connectivity index (χ3n) is 4.41. The number of carbonyl (C=O) groups excluding carboxylic acids is 1. The normalized spacial score (nSPS) is 10.5. The molecule has 3 aromatic carbocycles. The summed E-state index contributed by atoms with van der Waals surface area (Å²) in [5, 5.41) is 10.4. The Hall–Kier alpha value is -4.06. The van der Waals surface area contributed by atoms with E-state index in [0.717, 1.165) is 16.9 Å². The lowest BCUT2D eigenvalue weighted by Gasteiger charge is -2.10. The molecule has 4 aromatic rings. The third kappa shape index (κ3) is 3.82. The Morgan fingerprint density at radius 1 is 0.793 bits per heavy atom. The molecule has 0 bridgehead atoms. The second-order valence-corrected chi connectivity index (χ2v) is 6.30. The molecule has 6 heteroatoms. The minimum Gasteiger partial charge on any atom is -0.507 e. The molecule has 0 atom stereocenters. The van der Waals surface area contributed by atoms with Crippen molar-refractivity contribution < 1.29 is 14.6 Å². The highest BCUT2D eigenvalue weighted by Gasteiger charge is 2.15. The second kappa shape index (κ2) is 7.90. The number of aromatic hydroxyl groups is 1. The lowest BCUT2D eigenvalue weighted by molar-refractivity contribution is 0.112. The Morgan fingerprint density at radius 3 is 2.00 bits per heavy atom. The van der Waals surface area contributed by atoms with Gasteiger partial charge in [0.05, 0.1) is 12.7 Å². The molecule has 1 heterocycles. The fourth-order valence-corrected chi connectivity index (χ4v) is 2.89. The SMILES string of the molecule is COc1ccc(-c2nc(-c3ccccc3)nc(-c3ccc(C=O)cc3O)n2)cc1. The van der Waals surface area contributed by atoms with Crippen LogP contribution in [-0.4, -0.2) is 33.5 Å². The standard InChI is InChI=1S/C23H17N3O3/c1-29-18-10-8-17(9-11-18)22-24-21(16-5-3-2-4-6-16)25-23(26-22)19-12-7-15(14-27)13-20(19)28/h2-14,28H,1H3. The van der Waals surface area contributed by atoms with Gasteiger partial charge in [0.25, 0.3) is 0 Å². The van der Waals surface area contributed by atoms with Gasteiger partial charge < -0.3 is 9.84 Å². The van der Waals surface area contributed by atoms with Crippen molar-refractivity contribution in [1.29, 1.82) is 0 Å². The lowest BCUT2D eigenvalue weighted by Crippen LogP contribution is -2.00. The van der Waals surface area contributed by atoms with Crippen molar-refractivity contribution in [3.63, 3.8) is 0 Å². The number of phenolic OH excluding ortho intramolecular Hbond substituents is 1. The molecule has 0 fully saturated rings. The number of phenols is 1. The molecule has 0 saturated carbocycles. The van der Waals surface area contributed by atoms with Gasteiger partial charge in [0, 0.05) is 16.7 Å². The van der Waals surface area contributed by atoms with Gasteiger partial charge in [-0.1, -0.05) is 36.4 Å². The van der Waals surface area contributed by atoms with Gasteiger partial charge in [0.15, 0.2) is 17.5 Å². The van der Waals surface area contributed by atoms with Crippen LogP contribution in [0.5, 0.6) is 11.5 Å². The molecule has 0 aliphatic rings. The van der Waals surface area contributed by atoms with E-state index >= 15 is 0 Å². The van der Waals surface area contributed by atoms with E-state index in [1.807, 2.05) is 54.6 Å². The minimum absolute atomic E-state index is 0.0690. The predicted molar refractivity (Wildman–Crippen MR) is 110 cm³/mol. The first-order valence-electron chi connectivity index (χ1n) is 8.92. The molecule has 1 N–H and O–H groups in total. The molecule has 0 aliphatic heterocycles. The van der Waals surface area contributed by atoms with Gasteiger partial charge in [-0.2, -0.15) is 0 Å². The molecule has 0 spiro atoms. The monoisotopic (exact) mass is 383 g/mol. The second-order valence-electron chi connectivity index (χ2n) is 6.30. The highest BCUT2D eigenvalue weighted by Crippen LogP contribution is 2.30. The van der Waals surface area contributed by atoms with E-state index in [9.17, 15) is 9.90 Å². The van der Waals surface area contributed by atoms with Crippen molar-refractivity contribution in [2.24, 2.45) is 0 Å². The quantitative estimate of drug-likeness (QED) is 0.514. The molecular formula is C23H17N3O3. The molecule has 0 aliphatic carbocycles. The molecule has 6 nitrogen and oxygen atoms in total. The summed E-state index contributed by atoms with van der Waals surface area (Å²) in [6, 6.07) is 21.6. The van der Waals surface area contributed by atoms with Crippen LogP contribution in [-0.2, 0) is 0 Å². The molecule has 4 rings (SSSR count). The van der Waals surface area contributed by atoms with Crippen LogP contribution in [0.15, 0.2) is 72.8 Å². The van der Waals surface area contributed by atoms with E-state index in [0.29, 0.717) is 34.9 Å². The minimum atomic E-state index is -0.0690. The molecule has 29 heavy (non-hydrogen) atoms. The lowest BCUT2D eigenvalue weighted by atomic mass is 10.1. The number of hydrogen-bond acceptors (Lipinski definition) is 6. The summed E-state index contributed by atoms with van der Waals surface area (Å²) in [5.74, 6) is 1.93. The van der Waals surface area contributed by atoms with Crippen LogP contribution in [0.2, 0.25) is 0 Å². The average molecular weight is 383 g/mol. The first kappa shape index (κ1) is 18.3. The van der Waals surface area contributed by atoms with Gasteiger partial charge in [-0.05, 0) is 36.4 Å². The van der Waals surface area contributed by atoms with Crippen molar-refractivity contribution >= 4 is 6.29 Å². The summed E-state index contributed by atoms with van der Waals surface area (Å²) in [4.78, 5) is 24.7. The third-order valence-corrected chi connectivity index (χ3v) is 4.41. The Bertz CT molecular complexity index is 1160. The van der Waals surface area contributed by atoms with Crippen molar-refractivity contribution in [3.8, 4) is 45.7 Å². The largest absolute Gasteiger partial charge is 0.507 e. The number of nitrogens with zero attached hydrogens (tertiary/aromatic N) is 3. The fourth-order valence-electron chi connectivity index (χ4n) is 2.89. The Morgan fingerprint density at radius 2 is 1.41 bits per heavy atom. The van der Waals surface area contributed by atoms with Crippen LogP contribution >= 0.6 is 0 Å². The number of benzene rings is 3. The molecule has 0 saturated heterocycles. The van der Waals surface area contributed by atoms with Gasteiger partial charge in [0.2, 0.25) is 0 Å². The van der Waals surface area contributed by atoms with Crippen molar-refractivity contribution in [2.45, 2.75) is 0 Å². The van der Waals surface area contributed by atoms with Crippen LogP contribution < -0.4 is 4.74 Å². The molecule has 142 valence electrons. The predicted octanol–water partition coefficient (Wildman–Crippen LogP) is 4.40. The number of rotatable bonds is 5. The van der Waals surface area contributed by atoms with E-state index in [1.165, 1.54) is 6.07 Å². The van der Waals surface area contributed by atoms with Crippen LogP contribution in [0, 0.1) is 0 Å². The first-order chi connectivity index (χ1) is 14.2. The first-order valence-corrected chi connectivity index (χ1v) is 8.92. The van der Waals surface area contributed by atoms with E-state index in [-0.39, 0.29) is 5.75 Å². The number of hydrogen-bond donors (Lipinski definition) is 1. The van der Waals surface area contributed by atoms with Crippen LogP contribution in [0.1, 0.15) is 10.4 Å². The molecule has 0 radical (unpaired) electrons. The van der Waals surface area contributed by atoms with Crippen LogP contribution in [0.4, 0.5) is 0 Å². The number of ether oxygens (including phenoxy) is 1. The van der Waals surface area contributed by atoms with Gasteiger partial charge in [-0.3, -0.25) is 4.79 Å². The Kier molecular flexibility index (Phi) is 4.99. The highest BCUT2D eigenvalue weighted by atomic mass is 16.5. The number of aromatic nitrogens is 3. The van der Waals surface area contributed by atoms with Crippen LogP contribution in [0.3, 0.4) is 0 Å². The van der Waals surface area contributed by atoms with E-state index in [1.54, 1.807) is 19.2 Å². The zero-order valence-corrected chi connectivity index (χ0v) is 15.6. The molecule has 1 aromatic heterocycles. The molecule has 0 unspecified atom stereocenters. The average Bonchev–Trinajstić information content (AvgIpc) is 2.79. The topological polar surface area (TPSA) is 85.2 Å². The number of carbonyl (C=O) groups is 1. The summed E-state index contributed by atoms with van der Waals surface area (Å²) in [7, 11) is 1.61. The van der Waals surface area contributed by atoms with E-state index in [2.05, 4.69) is 15.0 Å². The summed E-state index contributed by atoms with van der Waals surface area (Å²) in [6.45, 7) is 0. The fraction of sp³-hybridized carbons (Fsp3) is 0.0435. The van der Waals surface area contributed by atoms with E-state index in [4.69, 9.17) is 4.74 Å². The summed E-state index contributed by atoms with van der Waals surface area (Å²) in [5.41, 5.74) is 2.41. The van der Waals surface area contributed by atoms with Gasteiger partial charge in [-0.15, -0.1) is 0 Å². The maximum atomic E-state index is 11.0. The summed E-state index contributed by atoms with van der Waals surface area (Å²) in [6.07, 6.45) is 0.676. The van der Waals surface area contributed by atoms with Gasteiger partial charge in [0.1, 0.15) is 17.8 Å². The number of methoxy groups -OCH3 is 1. The highest BCUT2D eigenvalue weighted by molar-refractivity contribution is 5.79. The smallest absolute Gasteiger partial charge is 0.167 e. The molecular weight excluding hydrogens is 366 g/mol. The number of aldehydes is 1.